The number of hydrazone groups is 1. The Labute approximate surface area is 170 Å². The molecule has 6 heteroatoms. The number of hydrogen-bond acceptors (Lipinski definition) is 3. The normalized spacial score (nSPS) is 18.4. The first-order chi connectivity index (χ1) is 12.7. The van der Waals surface area contributed by atoms with Crippen LogP contribution < -0.4 is 10.3 Å². The SMILES string of the molecule is CC1CC(C)(C)N(C)c2cc(Cl)c(/C=N\NC(=O)c3ccccc3Cl)cc21. The molecule has 1 unspecified atom stereocenters. The lowest BCUT2D eigenvalue weighted by atomic mass is 9.80. The van der Waals surface area contributed by atoms with Gasteiger partial charge in [-0.3, -0.25) is 4.79 Å². The van der Waals surface area contributed by atoms with Crippen molar-refractivity contribution in [2.45, 2.75) is 38.6 Å². The number of anilines is 1. The lowest BCUT2D eigenvalue weighted by Gasteiger charge is -2.45. The van der Waals surface area contributed by atoms with Gasteiger partial charge in [-0.2, -0.15) is 5.10 Å². The molecule has 0 bridgehead atoms. The van der Waals surface area contributed by atoms with Gasteiger partial charge in [0.1, 0.15) is 0 Å². The van der Waals surface area contributed by atoms with Gasteiger partial charge in [-0.1, -0.05) is 42.3 Å². The van der Waals surface area contributed by atoms with Crippen LogP contribution in [0.2, 0.25) is 10.0 Å². The maximum absolute atomic E-state index is 12.2. The Kier molecular flexibility index (Phi) is 5.50. The summed E-state index contributed by atoms with van der Waals surface area (Å²) in [4.78, 5) is 14.5. The van der Waals surface area contributed by atoms with E-state index in [1.165, 1.54) is 5.56 Å². The van der Waals surface area contributed by atoms with E-state index in [1.807, 2.05) is 6.07 Å². The van der Waals surface area contributed by atoms with E-state index in [4.69, 9.17) is 23.2 Å². The molecule has 2 aromatic carbocycles. The number of carbonyl (C=O) groups is 1. The highest BCUT2D eigenvalue weighted by molar-refractivity contribution is 6.34. The lowest BCUT2D eigenvalue weighted by Crippen LogP contribution is -2.45. The molecule has 0 fully saturated rings. The molecule has 1 N–H and O–H groups in total. The maximum Gasteiger partial charge on any atom is 0.272 e. The summed E-state index contributed by atoms with van der Waals surface area (Å²) in [6.45, 7) is 6.70. The monoisotopic (exact) mass is 403 g/mol. The fourth-order valence-electron chi connectivity index (χ4n) is 3.57. The summed E-state index contributed by atoms with van der Waals surface area (Å²) in [7, 11) is 2.10. The molecular weight excluding hydrogens is 381 g/mol. The molecule has 1 atom stereocenters. The number of nitrogens with zero attached hydrogens (tertiary/aromatic N) is 2. The third-order valence-electron chi connectivity index (χ3n) is 5.24. The quantitative estimate of drug-likeness (QED) is 0.544. The summed E-state index contributed by atoms with van der Waals surface area (Å²) >= 11 is 12.5. The van der Waals surface area contributed by atoms with Crippen molar-refractivity contribution in [3.05, 3.63) is 63.1 Å². The van der Waals surface area contributed by atoms with E-state index in [0.717, 1.165) is 17.7 Å². The van der Waals surface area contributed by atoms with Crippen LogP contribution in [0.15, 0.2) is 41.5 Å². The Morgan fingerprint density at radius 1 is 1.26 bits per heavy atom. The van der Waals surface area contributed by atoms with Gasteiger partial charge in [-0.15, -0.1) is 0 Å². The van der Waals surface area contributed by atoms with E-state index in [9.17, 15) is 4.79 Å². The number of benzene rings is 2. The summed E-state index contributed by atoms with van der Waals surface area (Å²) in [5, 5.41) is 5.04. The standard InChI is InChI=1S/C21H23Cl2N3O/c1-13-11-21(2,3)26(4)19-10-18(23)14(9-16(13)19)12-24-25-20(27)15-7-5-6-8-17(15)22/h5-10,12-13H,11H2,1-4H3,(H,25,27)/b24-12-. The molecular formula is C21H23Cl2N3O. The van der Waals surface area contributed by atoms with Gasteiger partial charge >= 0.3 is 0 Å². The van der Waals surface area contributed by atoms with Crippen LogP contribution in [-0.4, -0.2) is 24.7 Å². The Balaban J connectivity index is 1.82. The third-order valence-corrected chi connectivity index (χ3v) is 5.90. The minimum atomic E-state index is -0.360. The average Bonchev–Trinajstić information content (AvgIpc) is 2.60. The van der Waals surface area contributed by atoms with E-state index < -0.39 is 0 Å². The van der Waals surface area contributed by atoms with Crippen LogP contribution in [0.5, 0.6) is 0 Å². The molecule has 1 aliphatic rings. The van der Waals surface area contributed by atoms with E-state index in [-0.39, 0.29) is 11.4 Å². The van der Waals surface area contributed by atoms with Gasteiger partial charge < -0.3 is 4.90 Å². The Hall–Kier alpha value is -2.04. The van der Waals surface area contributed by atoms with Gasteiger partial charge in [-0.05, 0) is 56.0 Å². The number of nitrogens with one attached hydrogen (secondary N) is 1. The first-order valence-electron chi connectivity index (χ1n) is 8.86. The van der Waals surface area contributed by atoms with Crippen LogP contribution in [0.4, 0.5) is 5.69 Å². The molecule has 0 aliphatic carbocycles. The number of rotatable bonds is 3. The molecule has 0 saturated heterocycles. The number of fused-ring (bicyclic) bond motifs is 1. The van der Waals surface area contributed by atoms with Crippen molar-refractivity contribution in [2.24, 2.45) is 5.10 Å². The molecule has 3 rings (SSSR count). The topological polar surface area (TPSA) is 44.7 Å². The maximum atomic E-state index is 12.2. The first-order valence-corrected chi connectivity index (χ1v) is 9.61. The zero-order valence-corrected chi connectivity index (χ0v) is 17.4. The van der Waals surface area contributed by atoms with Crippen molar-refractivity contribution < 1.29 is 4.79 Å². The van der Waals surface area contributed by atoms with Gasteiger partial charge in [-0.25, -0.2) is 5.43 Å². The molecule has 4 nitrogen and oxygen atoms in total. The van der Waals surface area contributed by atoms with Gasteiger partial charge in [0.2, 0.25) is 0 Å². The first kappa shape index (κ1) is 19.7. The van der Waals surface area contributed by atoms with Crippen LogP contribution in [0.1, 0.15) is 54.6 Å². The van der Waals surface area contributed by atoms with E-state index >= 15 is 0 Å². The molecule has 2 aromatic rings. The van der Waals surface area contributed by atoms with Gasteiger partial charge in [0, 0.05) is 23.8 Å². The smallest absolute Gasteiger partial charge is 0.272 e. The molecule has 142 valence electrons. The highest BCUT2D eigenvalue weighted by Crippen LogP contribution is 2.44. The van der Waals surface area contributed by atoms with Gasteiger partial charge in [0.25, 0.3) is 5.91 Å². The van der Waals surface area contributed by atoms with Crippen molar-refractivity contribution in [1.82, 2.24) is 5.43 Å². The number of halogens is 2. The van der Waals surface area contributed by atoms with Gasteiger partial charge in [0.05, 0.1) is 21.8 Å². The molecule has 0 radical (unpaired) electrons. The minimum absolute atomic E-state index is 0.0777. The Bertz CT molecular complexity index is 908. The fourth-order valence-corrected chi connectivity index (χ4v) is 4.00. The van der Waals surface area contributed by atoms with Crippen LogP contribution >= 0.6 is 23.2 Å². The summed E-state index contributed by atoms with van der Waals surface area (Å²) in [6, 6.07) is 10.9. The van der Waals surface area contributed by atoms with Gasteiger partial charge in [0.15, 0.2) is 0 Å². The number of amides is 1. The van der Waals surface area contributed by atoms with E-state index in [0.29, 0.717) is 21.5 Å². The predicted octanol–water partition coefficient (Wildman–Crippen LogP) is 5.48. The fraction of sp³-hybridized carbons (Fsp3) is 0.333. The van der Waals surface area contributed by atoms with Crippen LogP contribution in [0.25, 0.3) is 0 Å². The predicted molar refractivity (Wildman–Crippen MR) is 113 cm³/mol. The van der Waals surface area contributed by atoms with Crippen molar-refractivity contribution in [2.75, 3.05) is 11.9 Å². The summed E-state index contributed by atoms with van der Waals surface area (Å²) in [5.41, 5.74) is 6.11. The molecule has 0 saturated carbocycles. The summed E-state index contributed by atoms with van der Waals surface area (Å²) < 4.78 is 0. The highest BCUT2D eigenvalue weighted by atomic mass is 35.5. The van der Waals surface area contributed by atoms with Crippen LogP contribution in [0.3, 0.4) is 0 Å². The highest BCUT2D eigenvalue weighted by Gasteiger charge is 2.34. The molecule has 1 amide bonds. The number of hydrogen-bond donors (Lipinski definition) is 1. The largest absolute Gasteiger partial charge is 0.369 e. The van der Waals surface area contributed by atoms with Crippen molar-refractivity contribution >= 4 is 41.0 Å². The second-order valence-electron chi connectivity index (χ2n) is 7.59. The average molecular weight is 404 g/mol. The Morgan fingerprint density at radius 2 is 1.96 bits per heavy atom. The third kappa shape index (κ3) is 3.97. The van der Waals surface area contributed by atoms with Crippen molar-refractivity contribution in [3.63, 3.8) is 0 Å². The Morgan fingerprint density at radius 3 is 2.67 bits per heavy atom. The van der Waals surface area contributed by atoms with E-state index in [2.05, 4.69) is 49.3 Å². The minimum Gasteiger partial charge on any atom is -0.369 e. The number of carbonyl (C=O) groups excluding carboxylic acids is 1. The second-order valence-corrected chi connectivity index (χ2v) is 8.40. The van der Waals surface area contributed by atoms with Crippen molar-refractivity contribution in [3.8, 4) is 0 Å². The molecule has 27 heavy (non-hydrogen) atoms. The molecule has 1 heterocycles. The zero-order chi connectivity index (χ0) is 19.8. The molecule has 0 spiro atoms. The molecule has 1 aliphatic heterocycles. The molecule has 0 aromatic heterocycles. The van der Waals surface area contributed by atoms with E-state index in [1.54, 1.807) is 30.5 Å². The van der Waals surface area contributed by atoms with Crippen molar-refractivity contribution in [1.29, 1.82) is 0 Å². The summed E-state index contributed by atoms with van der Waals surface area (Å²) in [5.74, 6) is 0.0501. The summed E-state index contributed by atoms with van der Waals surface area (Å²) in [6.07, 6.45) is 2.63. The zero-order valence-electron chi connectivity index (χ0n) is 15.9. The van der Waals surface area contributed by atoms with Crippen LogP contribution in [-0.2, 0) is 0 Å². The second kappa shape index (κ2) is 7.53. The lowest BCUT2D eigenvalue weighted by molar-refractivity contribution is 0.0955. The van der Waals surface area contributed by atoms with Crippen LogP contribution in [0, 0.1) is 0 Å².